The summed E-state index contributed by atoms with van der Waals surface area (Å²) in [4.78, 5) is 53.9. The number of imide groups is 1. The molecule has 2 aliphatic rings. The van der Waals surface area contributed by atoms with Gasteiger partial charge in [0.2, 0.25) is 23.6 Å². The van der Waals surface area contributed by atoms with Gasteiger partial charge in [-0.05, 0) is 42.2 Å². The molecule has 4 rings (SSSR count). The highest BCUT2D eigenvalue weighted by molar-refractivity contribution is 7.91. The first-order chi connectivity index (χ1) is 17.2. The van der Waals surface area contributed by atoms with Gasteiger partial charge in [0, 0.05) is 31.6 Å². The quantitative estimate of drug-likeness (QED) is 0.498. The Bertz CT molecular complexity index is 1270. The average Bonchev–Trinajstić information content (AvgIpc) is 3.30. The van der Waals surface area contributed by atoms with Gasteiger partial charge in [-0.1, -0.05) is 37.3 Å². The number of anilines is 1. The summed E-state index contributed by atoms with van der Waals surface area (Å²) in [5.74, 6) is -1.94. The monoisotopic (exact) mass is 511 g/mol. The predicted octanol–water partition coefficient (Wildman–Crippen LogP) is 1.59. The van der Waals surface area contributed by atoms with Crippen molar-refractivity contribution in [3.05, 3.63) is 59.7 Å². The maximum Gasteiger partial charge on any atom is 0.248 e. The van der Waals surface area contributed by atoms with Crippen molar-refractivity contribution >= 4 is 39.2 Å². The number of rotatable bonds is 8. The summed E-state index contributed by atoms with van der Waals surface area (Å²) in [5, 5.41) is 0. The van der Waals surface area contributed by atoms with Crippen molar-refractivity contribution in [2.75, 3.05) is 36.8 Å². The summed E-state index contributed by atoms with van der Waals surface area (Å²) in [6.45, 7) is 2.03. The number of nitrogens with zero attached hydrogens (tertiary/aromatic N) is 3. The number of carbonyl (C=O) groups excluding carboxylic acids is 4. The van der Waals surface area contributed by atoms with Gasteiger partial charge in [-0.15, -0.1) is 0 Å². The molecule has 0 saturated carbocycles. The third kappa shape index (κ3) is 5.48. The molecule has 4 amide bonds. The van der Waals surface area contributed by atoms with Gasteiger partial charge in [-0.3, -0.25) is 24.1 Å². The van der Waals surface area contributed by atoms with E-state index >= 15 is 0 Å². The number of amides is 4. The molecule has 2 heterocycles. The lowest BCUT2D eigenvalue weighted by molar-refractivity contribution is -0.156. The van der Waals surface area contributed by atoms with E-state index in [1.54, 1.807) is 24.0 Å². The number of piperazine rings is 1. The molecule has 9 nitrogen and oxygen atoms in total. The van der Waals surface area contributed by atoms with E-state index in [2.05, 4.69) is 0 Å². The van der Waals surface area contributed by atoms with Gasteiger partial charge in [-0.25, -0.2) is 8.42 Å². The van der Waals surface area contributed by atoms with E-state index in [9.17, 15) is 27.6 Å². The van der Waals surface area contributed by atoms with Crippen LogP contribution in [-0.2, 0) is 41.9 Å². The highest BCUT2D eigenvalue weighted by Crippen LogP contribution is 2.31. The molecule has 2 aliphatic heterocycles. The zero-order valence-electron chi connectivity index (χ0n) is 20.2. The average molecular weight is 512 g/mol. The number of benzene rings is 2. The Morgan fingerprint density at radius 2 is 1.64 bits per heavy atom. The lowest BCUT2D eigenvalue weighted by Gasteiger charge is -2.32. The molecule has 10 heteroatoms. The smallest absolute Gasteiger partial charge is 0.248 e. The number of sulfone groups is 1. The van der Waals surface area contributed by atoms with Crippen molar-refractivity contribution < 1.29 is 27.6 Å². The number of hydrogen-bond acceptors (Lipinski definition) is 6. The van der Waals surface area contributed by atoms with Crippen molar-refractivity contribution in [1.29, 1.82) is 0 Å². The third-order valence-electron chi connectivity index (χ3n) is 6.57. The number of fused-ring (bicyclic) bond motifs is 1. The highest BCUT2D eigenvalue weighted by Gasteiger charge is 2.34. The fraction of sp³-hybridized carbons (Fsp3) is 0.385. The highest BCUT2D eigenvalue weighted by atomic mass is 32.2. The zero-order valence-corrected chi connectivity index (χ0v) is 21.0. The van der Waals surface area contributed by atoms with E-state index in [4.69, 9.17) is 0 Å². The second-order valence-electron chi connectivity index (χ2n) is 8.93. The summed E-state index contributed by atoms with van der Waals surface area (Å²) in [6, 6.07) is 14.1. The first-order valence-corrected chi connectivity index (χ1v) is 13.7. The van der Waals surface area contributed by atoms with Crippen molar-refractivity contribution in [1.82, 2.24) is 9.80 Å². The summed E-state index contributed by atoms with van der Waals surface area (Å²) in [5.41, 5.74) is 2.50. The molecule has 0 atom stereocenters. The number of hydrogen-bond donors (Lipinski definition) is 0. The summed E-state index contributed by atoms with van der Waals surface area (Å²) >= 11 is 0. The molecule has 0 bridgehead atoms. The molecule has 0 N–H and O–H groups in total. The van der Waals surface area contributed by atoms with Crippen LogP contribution in [0.4, 0.5) is 5.69 Å². The largest absolute Gasteiger partial charge is 0.324 e. The Balaban J connectivity index is 1.33. The van der Waals surface area contributed by atoms with Gasteiger partial charge < -0.3 is 9.80 Å². The predicted molar refractivity (Wildman–Crippen MR) is 133 cm³/mol. The molecule has 0 radical (unpaired) electrons. The summed E-state index contributed by atoms with van der Waals surface area (Å²) in [6.07, 6.45) is 1.14. The lowest BCUT2D eigenvalue weighted by atomic mass is 10.1. The van der Waals surface area contributed by atoms with E-state index in [0.29, 0.717) is 25.8 Å². The molecule has 1 fully saturated rings. The first kappa shape index (κ1) is 25.6. The molecule has 190 valence electrons. The van der Waals surface area contributed by atoms with Gasteiger partial charge in [0.15, 0.2) is 9.84 Å². The van der Waals surface area contributed by atoms with E-state index < -0.39 is 33.3 Å². The van der Waals surface area contributed by atoms with Gasteiger partial charge in [0.1, 0.15) is 13.1 Å². The lowest BCUT2D eigenvalue weighted by Crippen LogP contribution is -2.56. The SMILES string of the molecule is CCC(=O)N1CCc2cc(S(=O)(=O)CCC(=O)N3CC(=O)N(CCc4ccccc4)C(=O)C3)ccc21. The Morgan fingerprint density at radius 3 is 2.31 bits per heavy atom. The van der Waals surface area contributed by atoms with E-state index in [0.717, 1.165) is 26.6 Å². The Hall–Kier alpha value is -3.53. The number of carbonyl (C=O) groups is 4. The van der Waals surface area contributed by atoms with Crippen LogP contribution < -0.4 is 4.90 Å². The van der Waals surface area contributed by atoms with Crippen LogP contribution in [0.1, 0.15) is 30.9 Å². The molecule has 1 saturated heterocycles. The fourth-order valence-corrected chi connectivity index (χ4v) is 5.80. The Kier molecular flexibility index (Phi) is 7.53. The van der Waals surface area contributed by atoms with Crippen LogP contribution in [0.3, 0.4) is 0 Å². The van der Waals surface area contributed by atoms with Gasteiger partial charge in [0.25, 0.3) is 0 Å². The van der Waals surface area contributed by atoms with Crippen LogP contribution in [0.2, 0.25) is 0 Å². The normalized spacial score (nSPS) is 15.9. The molecule has 36 heavy (non-hydrogen) atoms. The molecule has 0 aromatic heterocycles. The Morgan fingerprint density at radius 1 is 0.944 bits per heavy atom. The van der Waals surface area contributed by atoms with Crippen molar-refractivity contribution in [2.24, 2.45) is 0 Å². The van der Waals surface area contributed by atoms with Crippen LogP contribution in [0, 0.1) is 0 Å². The van der Waals surface area contributed by atoms with Crippen molar-refractivity contribution in [3.63, 3.8) is 0 Å². The zero-order chi connectivity index (χ0) is 25.9. The van der Waals surface area contributed by atoms with Crippen molar-refractivity contribution in [2.45, 2.75) is 37.5 Å². The minimum atomic E-state index is -3.77. The standard InChI is InChI=1S/C26H29N3O6S/c1-2-23(30)28-14-11-20-16-21(8-9-22(20)28)36(34,35)15-12-24(31)27-17-25(32)29(26(33)18-27)13-10-19-6-4-3-5-7-19/h3-9,16H,2,10-15,17-18H2,1H3. The van der Waals surface area contributed by atoms with Crippen LogP contribution in [-0.4, -0.2) is 73.8 Å². The molecule has 0 spiro atoms. The van der Waals surface area contributed by atoms with Crippen LogP contribution in [0.25, 0.3) is 0 Å². The minimum Gasteiger partial charge on any atom is -0.324 e. The van der Waals surface area contributed by atoms with E-state index in [-0.39, 0.29) is 36.9 Å². The summed E-state index contributed by atoms with van der Waals surface area (Å²) < 4.78 is 25.8. The Labute approximate surface area is 210 Å². The maximum atomic E-state index is 12.9. The van der Waals surface area contributed by atoms with E-state index in [1.165, 1.54) is 6.07 Å². The second kappa shape index (κ2) is 10.6. The molecule has 0 unspecified atom stereocenters. The molecule has 2 aromatic carbocycles. The van der Waals surface area contributed by atoms with Crippen LogP contribution in [0.5, 0.6) is 0 Å². The first-order valence-electron chi connectivity index (χ1n) is 12.0. The van der Waals surface area contributed by atoms with Gasteiger partial charge in [-0.2, -0.15) is 0 Å². The molecule has 0 aliphatic carbocycles. The topological polar surface area (TPSA) is 112 Å². The molecular formula is C26H29N3O6S. The van der Waals surface area contributed by atoms with Gasteiger partial charge in [0.05, 0.1) is 10.6 Å². The molecule has 2 aromatic rings. The third-order valence-corrected chi connectivity index (χ3v) is 8.28. The second-order valence-corrected chi connectivity index (χ2v) is 11.0. The van der Waals surface area contributed by atoms with Crippen LogP contribution >= 0.6 is 0 Å². The summed E-state index contributed by atoms with van der Waals surface area (Å²) in [7, 11) is -3.77. The molecular weight excluding hydrogens is 482 g/mol. The minimum absolute atomic E-state index is 0.0146. The van der Waals surface area contributed by atoms with E-state index in [1.807, 2.05) is 30.3 Å². The van der Waals surface area contributed by atoms with Gasteiger partial charge >= 0.3 is 0 Å². The van der Waals surface area contributed by atoms with Crippen molar-refractivity contribution in [3.8, 4) is 0 Å². The van der Waals surface area contributed by atoms with Crippen LogP contribution in [0.15, 0.2) is 53.4 Å². The maximum absolute atomic E-state index is 12.9. The fourth-order valence-electron chi connectivity index (χ4n) is 4.52.